The molecule has 3 N–H and O–H groups in total. The third kappa shape index (κ3) is 3.12. The van der Waals surface area contributed by atoms with Gasteiger partial charge in [0.25, 0.3) is 0 Å². The van der Waals surface area contributed by atoms with Crippen LogP contribution < -0.4 is 15.8 Å². The minimum absolute atomic E-state index is 0.176. The maximum Gasteiger partial charge on any atom is 0.243 e. The highest BCUT2D eigenvalue weighted by Crippen LogP contribution is 2.47. The molecule has 0 spiro atoms. The highest BCUT2D eigenvalue weighted by molar-refractivity contribution is 7.89. The Bertz CT molecular complexity index is 1380. The third-order valence-corrected chi connectivity index (χ3v) is 7.59. The van der Waals surface area contributed by atoms with Crippen molar-refractivity contribution < 1.29 is 13.2 Å². The molecule has 1 atom stereocenters. The van der Waals surface area contributed by atoms with E-state index in [9.17, 15) is 8.42 Å². The number of nitrogens with zero attached hydrogens (tertiary/aromatic N) is 3. The van der Waals surface area contributed by atoms with Crippen LogP contribution in [0, 0.1) is 0 Å². The normalized spacial score (nSPS) is 18.3. The summed E-state index contributed by atoms with van der Waals surface area (Å²) in [5, 5.41) is 3.76. The van der Waals surface area contributed by atoms with Crippen molar-refractivity contribution in [2.75, 3.05) is 27.2 Å². The fourth-order valence-corrected chi connectivity index (χ4v) is 5.34. The van der Waals surface area contributed by atoms with Crippen molar-refractivity contribution in [3.63, 3.8) is 0 Å². The molecule has 2 aliphatic rings. The zero-order valence-electron chi connectivity index (χ0n) is 17.7. The number of nitrogens with one attached hydrogen (secondary N) is 1. The summed E-state index contributed by atoms with van der Waals surface area (Å²) in [5.41, 5.74) is 9.24. The van der Waals surface area contributed by atoms with E-state index in [-0.39, 0.29) is 16.7 Å². The largest absolute Gasteiger partial charge is 0.439 e. The number of amidine groups is 1. The van der Waals surface area contributed by atoms with E-state index < -0.39 is 10.0 Å². The van der Waals surface area contributed by atoms with Gasteiger partial charge in [0.2, 0.25) is 10.0 Å². The Hall–Kier alpha value is -3.43. The van der Waals surface area contributed by atoms with E-state index in [4.69, 9.17) is 10.5 Å². The first-order valence-corrected chi connectivity index (χ1v) is 11.7. The lowest BCUT2D eigenvalue weighted by atomic mass is 9.82. The van der Waals surface area contributed by atoms with Crippen molar-refractivity contribution in [2.24, 2.45) is 10.7 Å². The summed E-state index contributed by atoms with van der Waals surface area (Å²) in [4.78, 5) is 9.22. The van der Waals surface area contributed by atoms with Gasteiger partial charge in [-0.1, -0.05) is 30.3 Å². The van der Waals surface area contributed by atoms with Crippen molar-refractivity contribution in [2.45, 2.75) is 10.8 Å². The average molecular weight is 450 g/mol. The molecule has 164 valence electrons. The molecule has 0 aliphatic carbocycles. The van der Waals surface area contributed by atoms with Gasteiger partial charge in [0, 0.05) is 43.7 Å². The first-order chi connectivity index (χ1) is 15.4. The molecule has 0 saturated heterocycles. The van der Waals surface area contributed by atoms with Crippen LogP contribution >= 0.6 is 0 Å². The first kappa shape index (κ1) is 20.5. The van der Waals surface area contributed by atoms with Crippen molar-refractivity contribution >= 4 is 26.8 Å². The van der Waals surface area contributed by atoms with Gasteiger partial charge >= 0.3 is 0 Å². The molecule has 9 heteroatoms. The molecule has 32 heavy (non-hydrogen) atoms. The van der Waals surface area contributed by atoms with Gasteiger partial charge in [-0.3, -0.25) is 9.98 Å². The van der Waals surface area contributed by atoms with Crippen LogP contribution in [-0.4, -0.2) is 50.7 Å². The zero-order chi connectivity index (χ0) is 22.5. The van der Waals surface area contributed by atoms with Gasteiger partial charge in [0.1, 0.15) is 11.4 Å². The molecule has 2 aromatic carbocycles. The van der Waals surface area contributed by atoms with Crippen LogP contribution in [0.5, 0.6) is 5.75 Å². The number of aliphatic imine (C=N–C) groups is 1. The second-order valence-electron chi connectivity index (χ2n) is 7.86. The summed E-state index contributed by atoms with van der Waals surface area (Å²) in [5.74, 6) is 0.994. The first-order valence-electron chi connectivity index (χ1n) is 10.2. The Labute approximate surface area is 186 Å². The predicted molar refractivity (Wildman–Crippen MR) is 123 cm³/mol. The summed E-state index contributed by atoms with van der Waals surface area (Å²) >= 11 is 0. The van der Waals surface area contributed by atoms with Gasteiger partial charge in [-0.2, -0.15) is 0 Å². The topological polar surface area (TPSA) is 110 Å². The van der Waals surface area contributed by atoms with E-state index in [1.54, 1.807) is 24.4 Å². The molecule has 3 heterocycles. The van der Waals surface area contributed by atoms with E-state index in [1.165, 1.54) is 18.4 Å². The molecule has 1 unspecified atom stereocenters. The summed E-state index contributed by atoms with van der Waals surface area (Å²) in [7, 11) is -0.715. The van der Waals surface area contributed by atoms with Gasteiger partial charge in [0.15, 0.2) is 11.6 Å². The predicted octanol–water partition coefficient (Wildman–Crippen LogP) is 2.18. The number of rotatable bonds is 4. The molecule has 8 nitrogen and oxygen atoms in total. The minimum Gasteiger partial charge on any atom is -0.439 e. The maximum absolute atomic E-state index is 13.3. The van der Waals surface area contributed by atoms with E-state index >= 15 is 0 Å². The molecule has 0 fully saturated rings. The number of pyridine rings is 1. The Morgan fingerprint density at radius 2 is 1.94 bits per heavy atom. The number of benzene rings is 2. The number of sulfonamides is 1. The second kappa shape index (κ2) is 7.61. The highest BCUT2D eigenvalue weighted by Gasteiger charge is 2.37. The summed E-state index contributed by atoms with van der Waals surface area (Å²) in [6.07, 6.45) is 1.62. The van der Waals surface area contributed by atoms with Crippen LogP contribution in [0.25, 0.3) is 10.9 Å². The number of aromatic nitrogens is 1. The van der Waals surface area contributed by atoms with Crippen LogP contribution in [0.15, 0.2) is 76.1 Å². The smallest absolute Gasteiger partial charge is 0.243 e. The molecule has 3 aromatic rings. The average Bonchev–Trinajstić information content (AvgIpc) is 3.32. The van der Waals surface area contributed by atoms with E-state index in [1.807, 2.05) is 30.3 Å². The van der Waals surface area contributed by atoms with Gasteiger partial charge in [0.05, 0.1) is 17.0 Å². The fourth-order valence-electron chi connectivity index (χ4n) is 4.22. The number of hydrogen-bond donors (Lipinski definition) is 2. The molecular weight excluding hydrogens is 426 g/mol. The van der Waals surface area contributed by atoms with Gasteiger partial charge in [-0.15, -0.1) is 0 Å². The van der Waals surface area contributed by atoms with Gasteiger partial charge in [-0.05, 0) is 23.8 Å². The van der Waals surface area contributed by atoms with Crippen LogP contribution in [-0.2, 0) is 10.0 Å². The Morgan fingerprint density at radius 1 is 1.16 bits per heavy atom. The lowest BCUT2D eigenvalue weighted by Gasteiger charge is -2.31. The molecular formula is C23H23N5O3S. The van der Waals surface area contributed by atoms with Crippen molar-refractivity contribution in [1.29, 1.82) is 0 Å². The van der Waals surface area contributed by atoms with Crippen LogP contribution in [0.3, 0.4) is 0 Å². The molecule has 1 aromatic heterocycles. The standard InChI is InChI=1S/C23H23N5O3S/c1-28(2)32(29,30)17-13-16-18(14-7-4-3-5-8-14)19(23-26-11-12-27-23)22(24)31-21(16)20-15(17)9-6-10-25-20/h3-10,13,18H,11-12,24H2,1-2H3,(H,26,27). The molecule has 2 aliphatic heterocycles. The Kier molecular flexibility index (Phi) is 4.87. The fraction of sp³-hybridized carbons (Fsp3) is 0.217. The quantitative estimate of drug-likeness (QED) is 0.632. The Balaban J connectivity index is 1.87. The summed E-state index contributed by atoms with van der Waals surface area (Å²) in [6.45, 7) is 1.35. The lowest BCUT2D eigenvalue weighted by Crippen LogP contribution is -2.32. The van der Waals surface area contributed by atoms with Gasteiger partial charge < -0.3 is 15.8 Å². The van der Waals surface area contributed by atoms with Crippen molar-refractivity contribution in [1.82, 2.24) is 14.6 Å². The van der Waals surface area contributed by atoms with E-state index in [2.05, 4.69) is 15.3 Å². The van der Waals surface area contributed by atoms with Crippen LogP contribution in [0.1, 0.15) is 17.0 Å². The lowest BCUT2D eigenvalue weighted by molar-refractivity contribution is 0.398. The van der Waals surface area contributed by atoms with Crippen molar-refractivity contribution in [3.8, 4) is 5.75 Å². The third-order valence-electron chi connectivity index (χ3n) is 5.74. The second-order valence-corrected chi connectivity index (χ2v) is 9.98. The summed E-state index contributed by atoms with van der Waals surface area (Å²) < 4.78 is 33.8. The van der Waals surface area contributed by atoms with Crippen LogP contribution in [0.2, 0.25) is 0 Å². The maximum atomic E-state index is 13.3. The van der Waals surface area contributed by atoms with E-state index in [0.29, 0.717) is 46.7 Å². The highest BCUT2D eigenvalue weighted by atomic mass is 32.2. The zero-order valence-corrected chi connectivity index (χ0v) is 18.6. The molecule has 0 saturated carbocycles. The SMILES string of the molecule is CN(C)S(=O)(=O)c1cc2c(c3ncccc13)OC(N)=C(C1=NCCN1)C2c1ccccc1. The molecule has 5 rings (SSSR count). The van der Waals surface area contributed by atoms with Gasteiger partial charge in [-0.25, -0.2) is 12.7 Å². The number of nitrogens with two attached hydrogens (primary N) is 1. The number of fused-ring (bicyclic) bond motifs is 3. The monoisotopic (exact) mass is 449 g/mol. The minimum atomic E-state index is -3.75. The molecule has 0 radical (unpaired) electrons. The molecule has 0 bridgehead atoms. The number of ether oxygens (including phenoxy) is 1. The summed E-state index contributed by atoms with van der Waals surface area (Å²) in [6, 6.07) is 14.9. The van der Waals surface area contributed by atoms with E-state index in [0.717, 1.165) is 5.56 Å². The molecule has 0 amide bonds. The Morgan fingerprint density at radius 3 is 2.62 bits per heavy atom. The van der Waals surface area contributed by atoms with Crippen LogP contribution in [0.4, 0.5) is 0 Å². The van der Waals surface area contributed by atoms with Crippen molar-refractivity contribution in [3.05, 3.63) is 77.3 Å². The number of hydrogen-bond acceptors (Lipinski definition) is 7.